The zero-order valence-corrected chi connectivity index (χ0v) is 23.1. The minimum absolute atomic E-state index is 0.0658. The minimum Gasteiger partial charge on any atom is -0.378 e. The first-order valence-electron chi connectivity index (χ1n) is 12.1. The first-order chi connectivity index (χ1) is 18.1. The van der Waals surface area contributed by atoms with Crippen LogP contribution in [0.15, 0.2) is 48.5 Å². The lowest BCUT2D eigenvalue weighted by Crippen LogP contribution is -2.63. The van der Waals surface area contributed by atoms with Crippen molar-refractivity contribution in [3.63, 3.8) is 0 Å². The summed E-state index contributed by atoms with van der Waals surface area (Å²) in [5.41, 5.74) is 0.971. The van der Waals surface area contributed by atoms with E-state index in [1.54, 1.807) is 37.3 Å². The molecule has 226 valence electrons. The first-order valence-corrected chi connectivity index (χ1v) is 13.5. The van der Waals surface area contributed by atoms with Gasteiger partial charge in [-0.2, -0.15) is 47.9 Å². The fourth-order valence-corrected chi connectivity index (χ4v) is 5.22. The van der Waals surface area contributed by atoms with Crippen LogP contribution in [0.25, 0.3) is 0 Å². The number of aryl methyl sites for hydroxylation is 1. The van der Waals surface area contributed by atoms with Crippen LogP contribution < -0.4 is 4.18 Å². The Balaban J connectivity index is 2.63. The maximum atomic E-state index is 14.4. The summed E-state index contributed by atoms with van der Waals surface area (Å²) in [6, 6.07) is 11.8. The molecule has 0 radical (unpaired) electrons. The summed E-state index contributed by atoms with van der Waals surface area (Å²) in [4.78, 5) is 2.08. The zero-order valence-electron chi connectivity index (χ0n) is 22.2. The van der Waals surface area contributed by atoms with E-state index in [1.807, 2.05) is 27.7 Å². The van der Waals surface area contributed by atoms with E-state index in [0.29, 0.717) is 17.7 Å². The van der Waals surface area contributed by atoms with Crippen molar-refractivity contribution in [3.8, 4) is 5.75 Å². The second kappa shape index (κ2) is 11.8. The SMILES string of the molecule is Cc1ccc(OS(=O)(=O)C(F)(F)C(F)(F)C(F)(F)C(F)(F)F)c(C(CCN(C(C)C)C(C)C)c2ccccc2)c1. The normalized spacial score (nSPS) is 14.7. The second-order valence-electron chi connectivity index (χ2n) is 9.92. The molecular weight excluding hydrogens is 577 g/mol. The van der Waals surface area contributed by atoms with Crippen LogP contribution in [0.5, 0.6) is 5.75 Å². The van der Waals surface area contributed by atoms with Crippen molar-refractivity contribution in [1.82, 2.24) is 4.90 Å². The average Bonchev–Trinajstić information content (AvgIpc) is 2.82. The highest BCUT2D eigenvalue weighted by atomic mass is 32.2. The van der Waals surface area contributed by atoms with Crippen LogP contribution in [-0.4, -0.2) is 55.2 Å². The van der Waals surface area contributed by atoms with E-state index in [1.165, 1.54) is 12.1 Å². The molecule has 1 atom stereocenters. The van der Waals surface area contributed by atoms with Crippen LogP contribution in [0.4, 0.5) is 39.5 Å². The number of halogens is 9. The molecule has 2 aromatic carbocycles. The molecule has 0 aliphatic heterocycles. The van der Waals surface area contributed by atoms with E-state index in [-0.39, 0.29) is 24.1 Å². The van der Waals surface area contributed by atoms with Gasteiger partial charge in [0.15, 0.2) is 0 Å². The Hall–Kier alpha value is -2.48. The van der Waals surface area contributed by atoms with Crippen molar-refractivity contribution < 1.29 is 52.1 Å². The Morgan fingerprint density at radius 3 is 1.80 bits per heavy atom. The molecule has 0 saturated carbocycles. The maximum absolute atomic E-state index is 14.4. The van der Waals surface area contributed by atoms with Crippen molar-refractivity contribution >= 4 is 10.1 Å². The standard InChI is InChI=1S/C26H30F9NO3S/c1-16(2)36(17(3)4)14-13-20(19-9-7-6-8-10-19)21-15-18(5)11-12-22(21)39-40(37,38)26(34,35)24(29,30)23(27,28)25(31,32)33/h6-12,15-17,20H,13-14H2,1-5H3. The number of alkyl halides is 9. The smallest absolute Gasteiger partial charge is 0.378 e. The Morgan fingerprint density at radius 1 is 0.800 bits per heavy atom. The van der Waals surface area contributed by atoms with E-state index in [0.717, 1.165) is 6.07 Å². The van der Waals surface area contributed by atoms with Gasteiger partial charge in [0.2, 0.25) is 0 Å². The molecule has 0 amide bonds. The lowest BCUT2D eigenvalue weighted by atomic mass is 9.87. The zero-order chi connectivity index (χ0) is 30.9. The third-order valence-electron chi connectivity index (χ3n) is 6.37. The van der Waals surface area contributed by atoms with Gasteiger partial charge in [0, 0.05) is 23.6 Å². The minimum atomic E-state index is -7.39. The van der Waals surface area contributed by atoms with Crippen LogP contribution in [-0.2, 0) is 10.1 Å². The maximum Gasteiger partial charge on any atom is 0.460 e. The summed E-state index contributed by atoms with van der Waals surface area (Å²) in [6.07, 6.45) is -6.93. The van der Waals surface area contributed by atoms with Gasteiger partial charge >= 0.3 is 33.4 Å². The summed E-state index contributed by atoms with van der Waals surface area (Å²) in [6.45, 7) is 9.70. The molecule has 40 heavy (non-hydrogen) atoms. The van der Waals surface area contributed by atoms with Crippen LogP contribution in [0, 0.1) is 6.92 Å². The fraction of sp³-hybridized carbons (Fsp3) is 0.538. The molecule has 0 aromatic heterocycles. The number of nitrogens with zero attached hydrogens (tertiary/aromatic N) is 1. The van der Waals surface area contributed by atoms with Crippen LogP contribution in [0.1, 0.15) is 56.7 Å². The molecule has 0 fully saturated rings. The van der Waals surface area contributed by atoms with E-state index >= 15 is 0 Å². The number of hydrogen-bond acceptors (Lipinski definition) is 4. The van der Waals surface area contributed by atoms with Gasteiger partial charge in [-0.3, -0.25) is 4.90 Å². The molecule has 4 nitrogen and oxygen atoms in total. The Kier molecular flexibility index (Phi) is 9.94. The molecule has 0 aliphatic rings. The number of hydrogen-bond donors (Lipinski definition) is 0. The highest BCUT2D eigenvalue weighted by molar-refractivity contribution is 7.88. The van der Waals surface area contributed by atoms with Gasteiger partial charge in [-0.05, 0) is 59.2 Å². The quantitative estimate of drug-likeness (QED) is 0.183. The van der Waals surface area contributed by atoms with Crippen LogP contribution in [0.2, 0.25) is 0 Å². The molecule has 0 saturated heterocycles. The number of rotatable bonds is 12. The molecule has 0 aliphatic carbocycles. The Morgan fingerprint density at radius 2 is 1.32 bits per heavy atom. The highest BCUT2D eigenvalue weighted by Crippen LogP contribution is 2.55. The van der Waals surface area contributed by atoms with Crippen LogP contribution >= 0.6 is 0 Å². The van der Waals surface area contributed by atoms with Crippen LogP contribution in [0.3, 0.4) is 0 Å². The highest BCUT2D eigenvalue weighted by Gasteiger charge is 2.86. The van der Waals surface area contributed by atoms with E-state index in [2.05, 4.69) is 9.08 Å². The molecule has 0 bridgehead atoms. The third-order valence-corrected chi connectivity index (χ3v) is 7.66. The Bertz CT molecular complexity index is 1240. The van der Waals surface area contributed by atoms with Crippen molar-refractivity contribution in [2.24, 2.45) is 0 Å². The molecule has 2 aromatic rings. The summed E-state index contributed by atoms with van der Waals surface area (Å²) in [5, 5.41) is -6.96. The molecule has 1 unspecified atom stereocenters. The molecule has 2 rings (SSSR count). The van der Waals surface area contributed by atoms with Gasteiger partial charge in [0.1, 0.15) is 5.75 Å². The van der Waals surface area contributed by atoms with E-state index in [9.17, 15) is 47.9 Å². The van der Waals surface area contributed by atoms with E-state index in [4.69, 9.17) is 0 Å². The molecule has 0 N–H and O–H groups in total. The number of benzene rings is 2. The van der Waals surface area contributed by atoms with Gasteiger partial charge in [-0.15, -0.1) is 0 Å². The predicted molar refractivity (Wildman–Crippen MR) is 132 cm³/mol. The average molecular weight is 608 g/mol. The largest absolute Gasteiger partial charge is 0.460 e. The lowest BCUT2D eigenvalue weighted by molar-refractivity contribution is -0.382. The molecule has 0 heterocycles. The molecule has 14 heteroatoms. The predicted octanol–water partition coefficient (Wildman–Crippen LogP) is 7.77. The van der Waals surface area contributed by atoms with Crippen molar-refractivity contribution in [2.45, 2.75) is 82.3 Å². The van der Waals surface area contributed by atoms with Crippen molar-refractivity contribution in [3.05, 3.63) is 65.2 Å². The first kappa shape index (κ1) is 33.7. The van der Waals surface area contributed by atoms with Crippen molar-refractivity contribution in [2.75, 3.05) is 6.54 Å². The summed E-state index contributed by atoms with van der Waals surface area (Å²) in [7, 11) is -7.10. The molecule has 0 spiro atoms. The third kappa shape index (κ3) is 6.53. The molecular formula is C26H30F9NO3S. The summed E-state index contributed by atoms with van der Waals surface area (Å²) < 4.78 is 150. The van der Waals surface area contributed by atoms with Crippen molar-refractivity contribution in [1.29, 1.82) is 0 Å². The van der Waals surface area contributed by atoms with Gasteiger partial charge in [-0.1, -0.05) is 48.0 Å². The van der Waals surface area contributed by atoms with Gasteiger partial charge in [0.25, 0.3) is 0 Å². The van der Waals surface area contributed by atoms with E-state index < -0.39 is 45.1 Å². The second-order valence-corrected chi connectivity index (χ2v) is 11.5. The topological polar surface area (TPSA) is 46.6 Å². The fourth-order valence-electron chi connectivity index (χ4n) is 4.28. The van der Waals surface area contributed by atoms with Gasteiger partial charge in [-0.25, -0.2) is 0 Å². The summed E-state index contributed by atoms with van der Waals surface area (Å²) >= 11 is 0. The lowest BCUT2D eigenvalue weighted by Gasteiger charge is -2.33. The summed E-state index contributed by atoms with van der Waals surface area (Å²) in [5.74, 6) is -16.5. The monoisotopic (exact) mass is 607 g/mol. The van der Waals surface area contributed by atoms with Gasteiger partial charge < -0.3 is 4.18 Å². The Labute approximate surface area is 227 Å². The van der Waals surface area contributed by atoms with Gasteiger partial charge in [0.05, 0.1) is 0 Å².